The highest BCUT2D eigenvalue weighted by Gasteiger charge is 2.21. The summed E-state index contributed by atoms with van der Waals surface area (Å²) in [5.74, 6) is 1.20. The number of nitrogens with zero attached hydrogens (tertiary/aromatic N) is 2. The fourth-order valence-electron chi connectivity index (χ4n) is 1.81. The molecule has 1 aromatic heterocycles. The molecule has 1 aromatic carbocycles. The fourth-order valence-corrected chi connectivity index (χ4v) is 2.34. The maximum absolute atomic E-state index is 6.11. The molecule has 0 radical (unpaired) electrons. The number of halogens is 2. The maximum atomic E-state index is 6.11. The van der Waals surface area contributed by atoms with Gasteiger partial charge in [0.25, 0.3) is 0 Å². The van der Waals surface area contributed by atoms with Crippen molar-refractivity contribution in [3.8, 4) is 0 Å². The third-order valence-electron chi connectivity index (χ3n) is 3.03. The molecule has 1 N–H and O–H groups in total. The molecule has 0 saturated heterocycles. The van der Waals surface area contributed by atoms with E-state index in [1.54, 1.807) is 12.1 Å². The Morgan fingerprint density at radius 2 is 2.00 bits per heavy atom. The average Bonchev–Trinajstić information content (AvgIpc) is 3.11. The van der Waals surface area contributed by atoms with Crippen LogP contribution in [0.15, 0.2) is 22.7 Å². The van der Waals surface area contributed by atoms with Gasteiger partial charge in [-0.2, -0.15) is 4.98 Å². The normalized spacial score (nSPS) is 14.8. The Morgan fingerprint density at radius 1 is 1.26 bits per heavy atom. The van der Waals surface area contributed by atoms with Crippen molar-refractivity contribution in [3.05, 3.63) is 45.5 Å². The molecule has 0 atom stereocenters. The Labute approximate surface area is 121 Å². The van der Waals surface area contributed by atoms with E-state index < -0.39 is 0 Å². The van der Waals surface area contributed by atoms with Gasteiger partial charge < -0.3 is 9.84 Å². The van der Waals surface area contributed by atoms with E-state index in [2.05, 4.69) is 15.5 Å². The molecule has 1 fully saturated rings. The summed E-state index contributed by atoms with van der Waals surface area (Å²) in [6.45, 7) is 0.619. The van der Waals surface area contributed by atoms with Gasteiger partial charge in [-0.3, -0.25) is 0 Å². The number of nitrogens with one attached hydrogen (secondary N) is 1. The van der Waals surface area contributed by atoms with Gasteiger partial charge in [0.2, 0.25) is 5.89 Å². The van der Waals surface area contributed by atoms with Gasteiger partial charge in [0.15, 0.2) is 5.82 Å². The van der Waals surface area contributed by atoms with Crippen LogP contribution >= 0.6 is 23.2 Å². The predicted molar refractivity (Wildman–Crippen MR) is 73.4 cm³/mol. The van der Waals surface area contributed by atoms with E-state index in [-0.39, 0.29) is 0 Å². The first-order valence-corrected chi connectivity index (χ1v) is 6.95. The number of rotatable bonds is 5. The van der Waals surface area contributed by atoms with Gasteiger partial charge in [-0.05, 0) is 30.5 Å². The molecule has 100 valence electrons. The molecule has 6 heteroatoms. The van der Waals surface area contributed by atoms with Crippen molar-refractivity contribution < 1.29 is 4.52 Å². The van der Waals surface area contributed by atoms with Crippen LogP contribution in [0.2, 0.25) is 10.0 Å². The van der Waals surface area contributed by atoms with Crippen molar-refractivity contribution in [1.29, 1.82) is 0 Å². The fraction of sp³-hybridized carbons (Fsp3) is 0.385. The average molecular weight is 298 g/mol. The zero-order valence-electron chi connectivity index (χ0n) is 10.2. The van der Waals surface area contributed by atoms with Gasteiger partial charge in [-0.15, -0.1) is 0 Å². The first-order valence-electron chi connectivity index (χ1n) is 6.20. The smallest absolute Gasteiger partial charge is 0.240 e. The Bertz CT molecular complexity index is 561. The molecule has 0 bridgehead atoms. The molecular weight excluding hydrogens is 285 g/mol. The van der Waals surface area contributed by atoms with E-state index in [0.29, 0.717) is 40.8 Å². The second-order valence-electron chi connectivity index (χ2n) is 4.64. The van der Waals surface area contributed by atoms with Crippen molar-refractivity contribution in [1.82, 2.24) is 15.5 Å². The van der Waals surface area contributed by atoms with Crippen LogP contribution in [0.5, 0.6) is 0 Å². The number of aromatic nitrogens is 2. The van der Waals surface area contributed by atoms with Crippen molar-refractivity contribution in [2.24, 2.45) is 0 Å². The van der Waals surface area contributed by atoms with Crippen LogP contribution in [0.3, 0.4) is 0 Å². The Morgan fingerprint density at radius 3 is 2.68 bits per heavy atom. The van der Waals surface area contributed by atoms with E-state index in [1.165, 1.54) is 12.8 Å². The summed E-state index contributed by atoms with van der Waals surface area (Å²) in [4.78, 5) is 4.33. The lowest BCUT2D eigenvalue weighted by atomic mass is 10.1. The van der Waals surface area contributed by atoms with E-state index in [0.717, 1.165) is 5.56 Å². The zero-order valence-corrected chi connectivity index (χ0v) is 11.7. The van der Waals surface area contributed by atoms with Crippen molar-refractivity contribution in [2.45, 2.75) is 31.8 Å². The highest BCUT2D eigenvalue weighted by molar-refractivity contribution is 6.36. The molecule has 0 aliphatic heterocycles. The van der Waals surface area contributed by atoms with Gasteiger partial charge in [0.1, 0.15) is 0 Å². The summed E-state index contributed by atoms with van der Waals surface area (Å²) in [6.07, 6.45) is 2.94. The summed E-state index contributed by atoms with van der Waals surface area (Å²) in [5, 5.41) is 8.51. The first-order chi connectivity index (χ1) is 9.22. The molecule has 1 aliphatic rings. The lowest BCUT2D eigenvalue weighted by Gasteiger charge is -2.03. The quantitative estimate of drug-likeness (QED) is 0.921. The zero-order chi connectivity index (χ0) is 13.2. The van der Waals surface area contributed by atoms with E-state index in [1.807, 2.05) is 6.07 Å². The lowest BCUT2D eigenvalue weighted by Crippen LogP contribution is -2.15. The monoisotopic (exact) mass is 297 g/mol. The minimum Gasteiger partial charge on any atom is -0.338 e. The van der Waals surface area contributed by atoms with Crippen LogP contribution in [0, 0.1) is 0 Å². The van der Waals surface area contributed by atoms with Crippen LogP contribution in [-0.4, -0.2) is 16.2 Å². The van der Waals surface area contributed by atoms with Crippen molar-refractivity contribution in [2.75, 3.05) is 0 Å². The molecular formula is C13H13Cl2N3O. The molecule has 1 heterocycles. The summed E-state index contributed by atoms with van der Waals surface area (Å²) < 4.78 is 5.18. The summed E-state index contributed by atoms with van der Waals surface area (Å²) in [5.41, 5.74) is 0.827. The van der Waals surface area contributed by atoms with E-state index in [4.69, 9.17) is 27.7 Å². The van der Waals surface area contributed by atoms with Crippen molar-refractivity contribution >= 4 is 23.2 Å². The number of benzene rings is 1. The topological polar surface area (TPSA) is 51.0 Å². The second-order valence-corrected chi connectivity index (χ2v) is 5.45. The maximum Gasteiger partial charge on any atom is 0.240 e. The second kappa shape index (κ2) is 5.49. The Hall–Kier alpha value is -1.10. The molecule has 3 rings (SSSR count). The Kier molecular flexibility index (Phi) is 3.73. The van der Waals surface area contributed by atoms with E-state index in [9.17, 15) is 0 Å². The molecule has 19 heavy (non-hydrogen) atoms. The molecule has 2 aromatic rings. The van der Waals surface area contributed by atoms with Gasteiger partial charge in [-0.25, -0.2) is 0 Å². The molecule has 0 unspecified atom stereocenters. The molecule has 1 saturated carbocycles. The van der Waals surface area contributed by atoms with Crippen molar-refractivity contribution in [3.63, 3.8) is 0 Å². The summed E-state index contributed by atoms with van der Waals surface area (Å²) in [6, 6.07) is 6.04. The first kappa shape index (κ1) is 12.9. The summed E-state index contributed by atoms with van der Waals surface area (Å²) in [7, 11) is 0. The molecule has 0 spiro atoms. The van der Waals surface area contributed by atoms with Crippen LogP contribution in [-0.2, 0) is 13.0 Å². The van der Waals surface area contributed by atoms with E-state index >= 15 is 0 Å². The number of hydrogen-bond acceptors (Lipinski definition) is 4. The van der Waals surface area contributed by atoms with Crippen LogP contribution in [0.25, 0.3) is 0 Å². The third-order valence-corrected chi connectivity index (χ3v) is 3.73. The van der Waals surface area contributed by atoms with Gasteiger partial charge in [0.05, 0.1) is 6.54 Å². The minimum absolute atomic E-state index is 0.478. The highest BCUT2D eigenvalue weighted by Crippen LogP contribution is 2.26. The minimum atomic E-state index is 0.478. The lowest BCUT2D eigenvalue weighted by molar-refractivity contribution is 0.363. The largest absolute Gasteiger partial charge is 0.338 e. The van der Waals surface area contributed by atoms with Gasteiger partial charge >= 0.3 is 0 Å². The van der Waals surface area contributed by atoms with Crippen LogP contribution in [0.1, 0.15) is 30.1 Å². The predicted octanol–water partition coefficient (Wildman–Crippen LogP) is 3.22. The molecule has 0 amide bonds. The van der Waals surface area contributed by atoms with Crippen LogP contribution < -0.4 is 5.32 Å². The van der Waals surface area contributed by atoms with Gasteiger partial charge in [0, 0.05) is 22.5 Å². The molecule has 1 aliphatic carbocycles. The SMILES string of the molecule is Clc1cccc(Cl)c1Cc1noc(CNC2CC2)n1. The molecule has 4 nitrogen and oxygen atoms in total. The standard InChI is InChI=1S/C13H13Cl2N3O/c14-10-2-1-3-11(15)9(10)6-12-17-13(19-18-12)7-16-8-4-5-8/h1-3,8,16H,4-7H2. The Balaban J connectivity index is 1.68. The summed E-state index contributed by atoms with van der Waals surface area (Å²) >= 11 is 12.2. The van der Waals surface area contributed by atoms with Crippen LogP contribution in [0.4, 0.5) is 0 Å². The number of hydrogen-bond donors (Lipinski definition) is 1. The third kappa shape index (κ3) is 3.26. The highest BCUT2D eigenvalue weighted by atomic mass is 35.5. The van der Waals surface area contributed by atoms with Gasteiger partial charge in [-0.1, -0.05) is 34.4 Å².